The normalized spacial score (nSPS) is 14.4. The van der Waals surface area contributed by atoms with Crippen molar-refractivity contribution >= 4 is 45.5 Å². The lowest BCUT2D eigenvalue weighted by molar-refractivity contribution is -0.123. The SMILES string of the molecule is CCOc1cc(/C=C2\NC(=O)N(Cc3ccc(Cl)cc3)C2=O)cc(Br)c1OCc1cccc(F)c1. The van der Waals surface area contributed by atoms with E-state index in [2.05, 4.69) is 21.2 Å². The van der Waals surface area contributed by atoms with Crippen molar-refractivity contribution in [2.24, 2.45) is 0 Å². The highest BCUT2D eigenvalue weighted by Gasteiger charge is 2.33. The molecular formula is C26H21BrClFN2O4. The number of nitrogens with zero attached hydrogens (tertiary/aromatic N) is 1. The molecule has 1 N–H and O–H groups in total. The first-order valence-corrected chi connectivity index (χ1v) is 11.9. The monoisotopic (exact) mass is 558 g/mol. The third-order valence-electron chi connectivity index (χ3n) is 5.13. The molecule has 0 unspecified atom stereocenters. The Morgan fingerprint density at radius 1 is 1.06 bits per heavy atom. The molecule has 180 valence electrons. The maximum atomic E-state index is 13.5. The number of imide groups is 1. The van der Waals surface area contributed by atoms with Gasteiger partial charge in [0.2, 0.25) is 0 Å². The summed E-state index contributed by atoms with van der Waals surface area (Å²) in [6, 6.07) is 16.0. The van der Waals surface area contributed by atoms with Gasteiger partial charge in [0.05, 0.1) is 17.6 Å². The second-order valence-corrected chi connectivity index (χ2v) is 8.98. The number of hydrogen-bond acceptors (Lipinski definition) is 4. The largest absolute Gasteiger partial charge is 0.490 e. The molecule has 3 amide bonds. The molecule has 0 radical (unpaired) electrons. The number of rotatable bonds is 8. The molecule has 0 atom stereocenters. The Morgan fingerprint density at radius 2 is 1.83 bits per heavy atom. The first-order valence-electron chi connectivity index (χ1n) is 10.8. The molecule has 6 nitrogen and oxygen atoms in total. The van der Waals surface area contributed by atoms with Gasteiger partial charge in [0.25, 0.3) is 5.91 Å². The average molecular weight is 560 g/mol. The lowest BCUT2D eigenvalue weighted by Crippen LogP contribution is -2.30. The van der Waals surface area contributed by atoms with Crippen LogP contribution in [0, 0.1) is 5.82 Å². The van der Waals surface area contributed by atoms with Gasteiger partial charge in [0, 0.05) is 5.02 Å². The lowest BCUT2D eigenvalue weighted by Gasteiger charge is -2.15. The van der Waals surface area contributed by atoms with Gasteiger partial charge in [0.1, 0.15) is 18.1 Å². The number of benzene rings is 3. The quantitative estimate of drug-likeness (QED) is 0.259. The van der Waals surface area contributed by atoms with Crippen LogP contribution in [0.25, 0.3) is 6.08 Å². The standard InChI is InChI=1S/C26H21BrClFN2O4/c1-2-34-23-13-18(11-21(27)24(23)35-15-17-4-3-5-20(29)10-17)12-22-25(32)31(26(33)30-22)14-16-6-8-19(28)9-7-16/h3-13H,2,14-15H2,1H3,(H,30,33)/b22-12-. The van der Waals surface area contributed by atoms with Crippen molar-refractivity contribution in [1.29, 1.82) is 0 Å². The zero-order chi connectivity index (χ0) is 24.9. The highest BCUT2D eigenvalue weighted by molar-refractivity contribution is 9.10. The minimum atomic E-state index is -0.504. The van der Waals surface area contributed by atoms with Crippen molar-refractivity contribution in [3.8, 4) is 11.5 Å². The van der Waals surface area contributed by atoms with Crippen LogP contribution in [-0.4, -0.2) is 23.4 Å². The zero-order valence-electron chi connectivity index (χ0n) is 18.7. The molecule has 1 saturated heterocycles. The van der Waals surface area contributed by atoms with E-state index in [1.807, 2.05) is 6.92 Å². The predicted molar refractivity (Wildman–Crippen MR) is 135 cm³/mol. The van der Waals surface area contributed by atoms with E-state index in [0.717, 1.165) is 10.5 Å². The van der Waals surface area contributed by atoms with Crippen LogP contribution in [0.4, 0.5) is 9.18 Å². The molecule has 35 heavy (non-hydrogen) atoms. The third-order valence-corrected chi connectivity index (χ3v) is 5.97. The molecule has 0 aromatic heterocycles. The summed E-state index contributed by atoms with van der Waals surface area (Å²) >= 11 is 9.40. The molecule has 9 heteroatoms. The summed E-state index contributed by atoms with van der Waals surface area (Å²) in [5.74, 6) is 0.111. The Bertz CT molecular complexity index is 1300. The Hall–Kier alpha value is -3.36. The Labute approximate surface area is 215 Å². The van der Waals surface area contributed by atoms with Gasteiger partial charge in [-0.1, -0.05) is 35.9 Å². The van der Waals surface area contributed by atoms with Crippen molar-refractivity contribution in [1.82, 2.24) is 10.2 Å². The van der Waals surface area contributed by atoms with E-state index in [0.29, 0.717) is 38.7 Å². The zero-order valence-corrected chi connectivity index (χ0v) is 21.0. The van der Waals surface area contributed by atoms with Gasteiger partial charge in [0.15, 0.2) is 11.5 Å². The van der Waals surface area contributed by atoms with Crippen molar-refractivity contribution in [2.75, 3.05) is 6.61 Å². The van der Waals surface area contributed by atoms with Crippen LogP contribution in [0.3, 0.4) is 0 Å². The van der Waals surface area contributed by atoms with Crippen LogP contribution in [0.5, 0.6) is 11.5 Å². The van der Waals surface area contributed by atoms with Gasteiger partial charge in [-0.15, -0.1) is 0 Å². The Morgan fingerprint density at radius 3 is 2.54 bits per heavy atom. The van der Waals surface area contributed by atoms with Crippen LogP contribution >= 0.6 is 27.5 Å². The minimum Gasteiger partial charge on any atom is -0.490 e. The van der Waals surface area contributed by atoms with Crippen molar-refractivity contribution in [3.63, 3.8) is 0 Å². The molecule has 4 rings (SSSR count). The highest BCUT2D eigenvalue weighted by Crippen LogP contribution is 2.38. The van der Waals surface area contributed by atoms with Crippen LogP contribution in [0.15, 0.2) is 70.8 Å². The second-order valence-electron chi connectivity index (χ2n) is 7.69. The maximum Gasteiger partial charge on any atom is 0.329 e. The fourth-order valence-corrected chi connectivity index (χ4v) is 4.21. The summed E-state index contributed by atoms with van der Waals surface area (Å²) in [6.45, 7) is 2.49. The number of nitrogens with one attached hydrogen (secondary N) is 1. The van der Waals surface area contributed by atoms with E-state index in [-0.39, 0.29) is 24.7 Å². The molecule has 3 aromatic carbocycles. The summed E-state index contributed by atoms with van der Waals surface area (Å²) in [6.07, 6.45) is 1.58. The maximum absolute atomic E-state index is 13.5. The Kier molecular flexibility index (Phi) is 7.73. The summed E-state index contributed by atoms with van der Waals surface area (Å²) in [7, 11) is 0. The van der Waals surface area contributed by atoms with Crippen LogP contribution < -0.4 is 14.8 Å². The first-order chi connectivity index (χ1) is 16.8. The summed E-state index contributed by atoms with van der Waals surface area (Å²) in [4.78, 5) is 26.5. The summed E-state index contributed by atoms with van der Waals surface area (Å²) in [5, 5.41) is 3.20. The predicted octanol–water partition coefficient (Wildman–Crippen LogP) is 6.31. The van der Waals surface area contributed by atoms with Crippen molar-refractivity contribution in [2.45, 2.75) is 20.1 Å². The van der Waals surface area contributed by atoms with E-state index in [1.54, 1.807) is 54.6 Å². The first kappa shape index (κ1) is 24.8. The van der Waals surface area contributed by atoms with Gasteiger partial charge in [-0.05, 0) is 82.0 Å². The van der Waals surface area contributed by atoms with Gasteiger partial charge < -0.3 is 14.8 Å². The van der Waals surface area contributed by atoms with E-state index in [1.165, 1.54) is 12.1 Å². The highest BCUT2D eigenvalue weighted by atomic mass is 79.9. The number of halogens is 3. The average Bonchev–Trinajstić information content (AvgIpc) is 3.07. The summed E-state index contributed by atoms with van der Waals surface area (Å²) < 4.78 is 25.7. The molecule has 1 fully saturated rings. The van der Waals surface area contributed by atoms with E-state index in [4.69, 9.17) is 21.1 Å². The number of ether oxygens (including phenoxy) is 2. The van der Waals surface area contributed by atoms with Crippen molar-refractivity contribution in [3.05, 3.63) is 98.4 Å². The fraction of sp³-hybridized carbons (Fsp3) is 0.154. The minimum absolute atomic E-state index is 0.125. The Balaban J connectivity index is 1.55. The smallest absolute Gasteiger partial charge is 0.329 e. The van der Waals surface area contributed by atoms with Gasteiger partial charge in [-0.25, -0.2) is 9.18 Å². The van der Waals surface area contributed by atoms with E-state index in [9.17, 15) is 14.0 Å². The number of hydrogen-bond donors (Lipinski definition) is 1. The van der Waals surface area contributed by atoms with Gasteiger partial charge in [-0.3, -0.25) is 9.69 Å². The molecule has 1 aliphatic heterocycles. The lowest BCUT2D eigenvalue weighted by atomic mass is 10.1. The van der Waals surface area contributed by atoms with Crippen LogP contribution in [0.1, 0.15) is 23.6 Å². The molecule has 1 heterocycles. The number of carbonyl (C=O) groups excluding carboxylic acids is 2. The van der Waals surface area contributed by atoms with Gasteiger partial charge in [-0.2, -0.15) is 0 Å². The number of amides is 3. The molecule has 0 spiro atoms. The molecule has 3 aromatic rings. The second kappa shape index (κ2) is 10.9. The molecule has 0 saturated carbocycles. The molecular weight excluding hydrogens is 539 g/mol. The molecule has 1 aliphatic rings. The number of urea groups is 1. The molecule has 0 aliphatic carbocycles. The van der Waals surface area contributed by atoms with E-state index >= 15 is 0 Å². The summed E-state index contributed by atoms with van der Waals surface area (Å²) in [5.41, 5.74) is 2.22. The topological polar surface area (TPSA) is 67.9 Å². The number of carbonyl (C=O) groups is 2. The van der Waals surface area contributed by atoms with E-state index < -0.39 is 11.9 Å². The molecule has 0 bridgehead atoms. The fourth-order valence-electron chi connectivity index (χ4n) is 3.51. The van der Waals surface area contributed by atoms with Crippen LogP contribution in [0.2, 0.25) is 5.02 Å². The van der Waals surface area contributed by atoms with Crippen LogP contribution in [-0.2, 0) is 17.9 Å². The van der Waals surface area contributed by atoms with Crippen molar-refractivity contribution < 1.29 is 23.5 Å². The third kappa shape index (κ3) is 6.01. The van der Waals surface area contributed by atoms with Gasteiger partial charge >= 0.3 is 6.03 Å².